The van der Waals surface area contributed by atoms with E-state index < -0.39 is 4.92 Å². The number of carbonyl (C=O) groups excluding carboxylic acids is 1. The summed E-state index contributed by atoms with van der Waals surface area (Å²) in [6.45, 7) is 2.19. The van der Waals surface area contributed by atoms with Crippen LogP contribution in [0.25, 0.3) is 0 Å². The summed E-state index contributed by atoms with van der Waals surface area (Å²) in [6, 6.07) is 9.92. The zero-order valence-electron chi connectivity index (χ0n) is 13.2. The van der Waals surface area contributed by atoms with Crippen LogP contribution in [0.5, 0.6) is 0 Å². The zero-order valence-corrected chi connectivity index (χ0v) is 13.2. The molecular weight excluding hydrogens is 308 g/mol. The van der Waals surface area contributed by atoms with Gasteiger partial charge < -0.3 is 4.90 Å². The van der Waals surface area contributed by atoms with Gasteiger partial charge in [0.25, 0.3) is 11.6 Å². The van der Waals surface area contributed by atoms with Gasteiger partial charge in [-0.1, -0.05) is 6.07 Å². The van der Waals surface area contributed by atoms with Crippen molar-refractivity contribution in [3.05, 3.63) is 69.5 Å². The van der Waals surface area contributed by atoms with E-state index >= 15 is 0 Å². The molecule has 0 saturated heterocycles. The van der Waals surface area contributed by atoms with Gasteiger partial charge in [0.1, 0.15) is 0 Å². The Balaban J connectivity index is 2.25. The first kappa shape index (κ1) is 17.1. The summed E-state index contributed by atoms with van der Waals surface area (Å²) in [5.41, 5.74) is 1.61. The van der Waals surface area contributed by atoms with Crippen LogP contribution in [0.15, 0.2) is 42.7 Å². The number of nitro groups is 1. The fraction of sp³-hybridized carbons (Fsp3) is 0.235. The van der Waals surface area contributed by atoms with Crippen molar-refractivity contribution in [1.82, 2.24) is 9.88 Å². The van der Waals surface area contributed by atoms with Gasteiger partial charge >= 0.3 is 0 Å². The van der Waals surface area contributed by atoms with Gasteiger partial charge in [-0.15, -0.1) is 0 Å². The number of aryl methyl sites for hydroxylation is 1. The third kappa shape index (κ3) is 4.14. The molecule has 2 aromatic rings. The molecule has 1 amide bonds. The van der Waals surface area contributed by atoms with E-state index in [0.717, 1.165) is 5.56 Å². The van der Waals surface area contributed by atoms with Gasteiger partial charge in [0, 0.05) is 42.7 Å². The monoisotopic (exact) mass is 324 g/mol. The number of hydrogen-bond donors (Lipinski definition) is 0. The Bertz CT molecular complexity index is 784. The van der Waals surface area contributed by atoms with Crippen LogP contribution >= 0.6 is 0 Å². The minimum atomic E-state index is -0.479. The number of amides is 1. The molecule has 0 atom stereocenters. The number of carbonyl (C=O) groups is 1. The predicted molar refractivity (Wildman–Crippen MR) is 87.0 cm³/mol. The molecule has 0 N–H and O–H groups in total. The highest BCUT2D eigenvalue weighted by Crippen LogP contribution is 2.20. The highest BCUT2D eigenvalue weighted by atomic mass is 16.6. The summed E-state index contributed by atoms with van der Waals surface area (Å²) in [7, 11) is 0. The van der Waals surface area contributed by atoms with Gasteiger partial charge in [0.05, 0.1) is 17.4 Å². The number of nitro benzene ring substituents is 1. The van der Waals surface area contributed by atoms with Crippen LogP contribution in [-0.4, -0.2) is 27.3 Å². The molecule has 0 bridgehead atoms. The normalized spacial score (nSPS) is 10.0. The largest absolute Gasteiger partial charge is 0.333 e. The minimum Gasteiger partial charge on any atom is -0.333 e. The van der Waals surface area contributed by atoms with Crippen molar-refractivity contribution >= 4 is 11.6 Å². The molecule has 2 rings (SSSR count). The quantitative estimate of drug-likeness (QED) is 0.601. The molecule has 0 aliphatic carbocycles. The average molecular weight is 324 g/mol. The van der Waals surface area contributed by atoms with Gasteiger partial charge in [0.15, 0.2) is 0 Å². The molecule has 1 aromatic carbocycles. The van der Waals surface area contributed by atoms with Crippen molar-refractivity contribution < 1.29 is 9.72 Å². The summed E-state index contributed by atoms with van der Waals surface area (Å²) in [5, 5.41) is 19.7. The fourth-order valence-corrected chi connectivity index (χ4v) is 2.33. The molecule has 1 heterocycles. The van der Waals surface area contributed by atoms with E-state index in [9.17, 15) is 14.9 Å². The van der Waals surface area contributed by atoms with Gasteiger partial charge in [-0.3, -0.25) is 19.9 Å². The standard InChI is InChI=1S/C17H16N4O3/c1-13-10-15(5-6-16(13)21(23)24)17(22)20(9-3-7-18)12-14-4-2-8-19-11-14/h2,4-6,8,10-11H,3,9,12H2,1H3. The van der Waals surface area contributed by atoms with Crippen LogP contribution < -0.4 is 0 Å². The Morgan fingerprint density at radius 3 is 2.79 bits per heavy atom. The van der Waals surface area contributed by atoms with Crippen molar-refractivity contribution in [1.29, 1.82) is 5.26 Å². The second kappa shape index (κ2) is 7.83. The molecule has 24 heavy (non-hydrogen) atoms. The number of aromatic nitrogens is 1. The first-order valence-electron chi connectivity index (χ1n) is 7.33. The Hall–Kier alpha value is -3.27. The van der Waals surface area contributed by atoms with Crippen LogP contribution in [0.2, 0.25) is 0 Å². The van der Waals surface area contributed by atoms with Gasteiger partial charge in [-0.25, -0.2) is 0 Å². The van der Waals surface area contributed by atoms with Crippen molar-refractivity contribution in [3.63, 3.8) is 0 Å². The summed E-state index contributed by atoms with van der Waals surface area (Å²) < 4.78 is 0. The minimum absolute atomic E-state index is 0.0256. The van der Waals surface area contributed by atoms with E-state index in [4.69, 9.17) is 5.26 Å². The Morgan fingerprint density at radius 2 is 2.21 bits per heavy atom. The second-order valence-electron chi connectivity index (χ2n) is 5.25. The number of hydrogen-bond acceptors (Lipinski definition) is 5. The SMILES string of the molecule is Cc1cc(C(=O)N(CCC#N)Cc2cccnc2)ccc1[N+](=O)[O-]. The lowest BCUT2D eigenvalue weighted by Gasteiger charge is -2.22. The number of benzene rings is 1. The maximum absolute atomic E-state index is 12.7. The lowest BCUT2D eigenvalue weighted by Crippen LogP contribution is -2.31. The molecule has 1 aromatic heterocycles. The number of nitriles is 1. The third-order valence-electron chi connectivity index (χ3n) is 3.52. The number of rotatable bonds is 6. The molecular formula is C17H16N4O3. The first-order valence-corrected chi connectivity index (χ1v) is 7.33. The second-order valence-corrected chi connectivity index (χ2v) is 5.25. The van der Waals surface area contributed by atoms with Gasteiger partial charge in [-0.05, 0) is 30.7 Å². The lowest BCUT2D eigenvalue weighted by atomic mass is 10.1. The van der Waals surface area contributed by atoms with Crippen LogP contribution in [0.1, 0.15) is 27.9 Å². The van der Waals surface area contributed by atoms with Crippen LogP contribution in [-0.2, 0) is 6.54 Å². The van der Waals surface area contributed by atoms with Gasteiger partial charge in [0.2, 0.25) is 0 Å². The average Bonchev–Trinajstić information content (AvgIpc) is 2.58. The van der Waals surface area contributed by atoms with E-state index in [2.05, 4.69) is 4.98 Å². The zero-order chi connectivity index (χ0) is 17.5. The van der Waals surface area contributed by atoms with E-state index in [1.807, 2.05) is 12.1 Å². The Morgan fingerprint density at radius 1 is 1.42 bits per heavy atom. The van der Waals surface area contributed by atoms with E-state index in [0.29, 0.717) is 17.7 Å². The molecule has 0 saturated carbocycles. The summed E-state index contributed by atoms with van der Waals surface area (Å²) in [5.74, 6) is -0.271. The highest BCUT2D eigenvalue weighted by molar-refractivity contribution is 5.94. The van der Waals surface area contributed by atoms with E-state index in [1.165, 1.54) is 18.2 Å². The fourth-order valence-electron chi connectivity index (χ4n) is 2.33. The highest BCUT2D eigenvalue weighted by Gasteiger charge is 2.19. The summed E-state index contributed by atoms with van der Waals surface area (Å²) in [4.78, 5) is 28.7. The maximum Gasteiger partial charge on any atom is 0.272 e. The lowest BCUT2D eigenvalue weighted by molar-refractivity contribution is -0.385. The van der Waals surface area contributed by atoms with Crippen LogP contribution in [0.3, 0.4) is 0 Å². The number of nitrogens with zero attached hydrogens (tertiary/aromatic N) is 4. The molecule has 0 radical (unpaired) electrons. The topological polar surface area (TPSA) is 100 Å². The Kier molecular flexibility index (Phi) is 5.58. The molecule has 7 heteroatoms. The van der Waals surface area contributed by atoms with Crippen molar-refractivity contribution in [2.75, 3.05) is 6.54 Å². The molecule has 0 aliphatic rings. The molecule has 7 nitrogen and oxygen atoms in total. The molecule has 0 aliphatic heterocycles. The summed E-state index contributed by atoms with van der Waals surface area (Å²) >= 11 is 0. The van der Waals surface area contributed by atoms with E-state index in [1.54, 1.807) is 30.3 Å². The molecule has 0 fully saturated rings. The van der Waals surface area contributed by atoms with Crippen molar-refractivity contribution in [2.45, 2.75) is 19.9 Å². The maximum atomic E-state index is 12.7. The van der Waals surface area contributed by atoms with Crippen LogP contribution in [0.4, 0.5) is 5.69 Å². The van der Waals surface area contributed by atoms with Crippen molar-refractivity contribution in [3.8, 4) is 6.07 Å². The predicted octanol–water partition coefficient (Wildman–Crippen LogP) is 2.85. The van der Waals surface area contributed by atoms with Crippen molar-refractivity contribution in [2.24, 2.45) is 0 Å². The molecule has 122 valence electrons. The summed E-state index contributed by atoms with van der Waals surface area (Å²) in [6.07, 6.45) is 3.51. The number of pyridine rings is 1. The van der Waals surface area contributed by atoms with Crippen LogP contribution in [0, 0.1) is 28.4 Å². The smallest absolute Gasteiger partial charge is 0.272 e. The third-order valence-corrected chi connectivity index (χ3v) is 3.52. The Labute approximate surface area is 139 Å². The molecule has 0 spiro atoms. The van der Waals surface area contributed by atoms with Gasteiger partial charge in [-0.2, -0.15) is 5.26 Å². The van der Waals surface area contributed by atoms with E-state index in [-0.39, 0.29) is 24.6 Å². The molecule has 0 unspecified atom stereocenters. The first-order chi connectivity index (χ1) is 11.5.